The van der Waals surface area contributed by atoms with Gasteiger partial charge in [-0.15, -0.1) is 10.2 Å². The molecule has 29 heavy (non-hydrogen) atoms. The van der Waals surface area contributed by atoms with Crippen LogP contribution in [0.1, 0.15) is 28.1 Å². The molecule has 1 aromatic heterocycles. The van der Waals surface area contributed by atoms with Crippen LogP contribution in [0.4, 0.5) is 5.69 Å². The number of rotatable bonds is 7. The van der Waals surface area contributed by atoms with Gasteiger partial charge in [0, 0.05) is 12.7 Å². The van der Waals surface area contributed by atoms with Crippen LogP contribution in [0.3, 0.4) is 0 Å². The number of aromatic nitrogens is 3. The molecule has 0 spiro atoms. The zero-order valence-electron chi connectivity index (χ0n) is 17.4. The molecule has 0 aliphatic heterocycles. The molecule has 0 bridgehead atoms. The largest absolute Gasteiger partial charge is 0.486 e. The Kier molecular flexibility index (Phi) is 6.59. The Hall–Kier alpha value is -2.80. The van der Waals surface area contributed by atoms with Gasteiger partial charge in [0.2, 0.25) is 5.91 Å². The van der Waals surface area contributed by atoms with E-state index in [0.717, 1.165) is 22.6 Å². The maximum Gasteiger partial charge on any atom is 0.234 e. The lowest BCUT2D eigenvalue weighted by Crippen LogP contribution is -2.15. The van der Waals surface area contributed by atoms with Crippen molar-refractivity contribution in [2.45, 2.75) is 39.5 Å². The Bertz CT molecular complexity index is 1030. The van der Waals surface area contributed by atoms with Gasteiger partial charge in [-0.1, -0.05) is 30.0 Å². The lowest BCUT2D eigenvalue weighted by atomic mass is 10.1. The summed E-state index contributed by atoms with van der Waals surface area (Å²) in [4.78, 5) is 12.3. The van der Waals surface area contributed by atoms with E-state index in [0.29, 0.717) is 17.6 Å². The Morgan fingerprint density at radius 1 is 1.03 bits per heavy atom. The Labute approximate surface area is 175 Å². The van der Waals surface area contributed by atoms with Crippen LogP contribution in [0.25, 0.3) is 0 Å². The summed E-state index contributed by atoms with van der Waals surface area (Å²) in [7, 11) is 1.88. The fourth-order valence-electron chi connectivity index (χ4n) is 2.73. The van der Waals surface area contributed by atoms with E-state index >= 15 is 0 Å². The molecular weight excluding hydrogens is 384 g/mol. The van der Waals surface area contributed by atoms with E-state index in [-0.39, 0.29) is 11.7 Å². The molecule has 0 atom stereocenters. The molecule has 0 aliphatic carbocycles. The molecule has 3 aromatic rings. The van der Waals surface area contributed by atoms with E-state index in [2.05, 4.69) is 29.4 Å². The Balaban J connectivity index is 1.55. The highest BCUT2D eigenvalue weighted by molar-refractivity contribution is 7.99. The third-order valence-electron chi connectivity index (χ3n) is 4.77. The van der Waals surface area contributed by atoms with Gasteiger partial charge in [0.15, 0.2) is 11.0 Å². The molecule has 0 aliphatic rings. The Morgan fingerprint density at radius 2 is 1.79 bits per heavy atom. The van der Waals surface area contributed by atoms with Gasteiger partial charge < -0.3 is 14.6 Å². The normalized spacial score (nSPS) is 10.8. The number of benzene rings is 2. The highest BCUT2D eigenvalue weighted by Gasteiger charge is 2.13. The minimum Gasteiger partial charge on any atom is -0.486 e. The van der Waals surface area contributed by atoms with Gasteiger partial charge in [0.05, 0.1) is 5.75 Å². The third-order valence-corrected chi connectivity index (χ3v) is 5.79. The summed E-state index contributed by atoms with van der Waals surface area (Å²) in [6.07, 6.45) is 0. The van der Waals surface area contributed by atoms with Gasteiger partial charge in [0.25, 0.3) is 0 Å². The number of carbonyl (C=O) groups excluding carboxylic acids is 1. The van der Waals surface area contributed by atoms with Crippen LogP contribution in [0.15, 0.2) is 41.6 Å². The Morgan fingerprint density at radius 3 is 2.55 bits per heavy atom. The minimum absolute atomic E-state index is 0.0698. The van der Waals surface area contributed by atoms with Crippen LogP contribution in [-0.4, -0.2) is 26.4 Å². The molecule has 6 nitrogen and oxygen atoms in total. The quantitative estimate of drug-likeness (QED) is 0.586. The summed E-state index contributed by atoms with van der Waals surface area (Å²) in [5.41, 5.74) is 5.41. The average Bonchev–Trinajstić information content (AvgIpc) is 3.04. The number of thioether (sulfide) groups is 1. The lowest BCUT2D eigenvalue weighted by molar-refractivity contribution is -0.113. The van der Waals surface area contributed by atoms with Crippen LogP contribution >= 0.6 is 11.8 Å². The molecule has 0 saturated heterocycles. The van der Waals surface area contributed by atoms with Crippen LogP contribution in [0.2, 0.25) is 0 Å². The lowest BCUT2D eigenvalue weighted by Gasteiger charge is -2.09. The van der Waals surface area contributed by atoms with E-state index in [4.69, 9.17) is 4.74 Å². The molecule has 1 N–H and O–H groups in total. The molecule has 0 unspecified atom stereocenters. The molecule has 2 aromatic carbocycles. The fourth-order valence-corrected chi connectivity index (χ4v) is 3.46. The van der Waals surface area contributed by atoms with E-state index in [1.54, 1.807) is 0 Å². The van der Waals surface area contributed by atoms with Gasteiger partial charge in [-0.05, 0) is 68.1 Å². The number of carbonyl (C=O) groups is 1. The molecule has 0 saturated carbocycles. The van der Waals surface area contributed by atoms with Crippen molar-refractivity contribution < 1.29 is 9.53 Å². The highest BCUT2D eigenvalue weighted by Crippen LogP contribution is 2.21. The number of aryl methyl sites for hydroxylation is 4. The molecule has 1 heterocycles. The van der Waals surface area contributed by atoms with Crippen LogP contribution in [0.5, 0.6) is 5.75 Å². The van der Waals surface area contributed by atoms with Crippen molar-refractivity contribution in [3.63, 3.8) is 0 Å². The van der Waals surface area contributed by atoms with Crippen molar-refractivity contribution in [1.82, 2.24) is 14.8 Å². The van der Waals surface area contributed by atoms with E-state index < -0.39 is 0 Å². The predicted molar refractivity (Wildman–Crippen MR) is 117 cm³/mol. The van der Waals surface area contributed by atoms with Crippen molar-refractivity contribution in [1.29, 1.82) is 0 Å². The molecule has 0 radical (unpaired) electrons. The summed E-state index contributed by atoms with van der Waals surface area (Å²) in [5.74, 6) is 1.70. The van der Waals surface area contributed by atoms with Crippen LogP contribution in [-0.2, 0) is 18.4 Å². The first kappa shape index (κ1) is 20.9. The van der Waals surface area contributed by atoms with Crippen molar-refractivity contribution in [3.05, 3.63) is 64.5 Å². The molecule has 3 rings (SSSR count). The van der Waals surface area contributed by atoms with E-state index in [1.165, 1.54) is 22.9 Å². The average molecular weight is 411 g/mol. The van der Waals surface area contributed by atoms with Crippen LogP contribution < -0.4 is 10.1 Å². The number of hydrogen-bond acceptors (Lipinski definition) is 5. The minimum atomic E-state index is -0.0698. The zero-order chi connectivity index (χ0) is 21.0. The summed E-state index contributed by atoms with van der Waals surface area (Å²) in [5, 5.41) is 12.0. The first-order valence-corrected chi connectivity index (χ1v) is 10.4. The van der Waals surface area contributed by atoms with Crippen molar-refractivity contribution in [2.24, 2.45) is 7.05 Å². The van der Waals surface area contributed by atoms with Crippen molar-refractivity contribution in [2.75, 3.05) is 11.1 Å². The third kappa shape index (κ3) is 5.38. The first-order chi connectivity index (χ1) is 13.8. The maximum absolute atomic E-state index is 12.3. The summed E-state index contributed by atoms with van der Waals surface area (Å²) in [6.45, 7) is 8.43. The standard InChI is InChI=1S/C22H26N4O2S/c1-14-6-7-16(3)19(10-14)23-21(27)13-29-22-25-24-20(26(22)5)12-28-18-9-8-15(2)17(4)11-18/h6-11H,12-13H2,1-5H3,(H,23,27). The van der Waals surface area contributed by atoms with Gasteiger partial charge in [-0.25, -0.2) is 0 Å². The molecule has 1 amide bonds. The second-order valence-electron chi connectivity index (χ2n) is 7.15. The zero-order valence-corrected chi connectivity index (χ0v) is 18.3. The molecule has 7 heteroatoms. The number of hydrogen-bond donors (Lipinski definition) is 1. The number of ether oxygens (including phenoxy) is 1. The SMILES string of the molecule is Cc1ccc(C)c(NC(=O)CSc2nnc(COc3ccc(C)c(C)c3)n2C)c1. The van der Waals surface area contributed by atoms with Gasteiger partial charge in [-0.3, -0.25) is 4.79 Å². The van der Waals surface area contributed by atoms with Crippen molar-refractivity contribution >= 4 is 23.4 Å². The van der Waals surface area contributed by atoms with E-state index in [1.807, 2.05) is 61.9 Å². The fraction of sp³-hybridized carbons (Fsp3) is 0.318. The second kappa shape index (κ2) is 9.13. The summed E-state index contributed by atoms with van der Waals surface area (Å²) >= 11 is 1.35. The number of nitrogens with one attached hydrogen (secondary N) is 1. The van der Waals surface area contributed by atoms with E-state index in [9.17, 15) is 4.79 Å². The number of anilines is 1. The second-order valence-corrected chi connectivity index (χ2v) is 8.09. The smallest absolute Gasteiger partial charge is 0.234 e. The number of nitrogens with zero attached hydrogens (tertiary/aromatic N) is 3. The first-order valence-electron chi connectivity index (χ1n) is 9.41. The van der Waals surface area contributed by atoms with Gasteiger partial charge >= 0.3 is 0 Å². The van der Waals surface area contributed by atoms with Crippen molar-refractivity contribution in [3.8, 4) is 5.75 Å². The maximum atomic E-state index is 12.3. The summed E-state index contributed by atoms with van der Waals surface area (Å²) in [6, 6.07) is 12.0. The topological polar surface area (TPSA) is 69.0 Å². The monoisotopic (exact) mass is 410 g/mol. The van der Waals surface area contributed by atoms with Gasteiger partial charge in [0.1, 0.15) is 12.4 Å². The van der Waals surface area contributed by atoms with Crippen LogP contribution in [0, 0.1) is 27.7 Å². The van der Waals surface area contributed by atoms with Gasteiger partial charge in [-0.2, -0.15) is 0 Å². The molecule has 152 valence electrons. The number of amides is 1. The predicted octanol–water partition coefficient (Wildman–Crippen LogP) is 4.36. The summed E-state index contributed by atoms with van der Waals surface area (Å²) < 4.78 is 7.70. The molecule has 0 fully saturated rings. The molecular formula is C22H26N4O2S. The highest BCUT2D eigenvalue weighted by atomic mass is 32.2.